The van der Waals surface area contributed by atoms with Crippen molar-refractivity contribution in [1.29, 1.82) is 5.26 Å². The summed E-state index contributed by atoms with van der Waals surface area (Å²) in [5, 5.41) is 9.42. The van der Waals surface area contributed by atoms with Crippen LogP contribution in [0.15, 0.2) is 42.7 Å². The SMILES string of the molecule is N#Cc1c([C@H]2CCOC2)cc(-c2cc3ccccn3c2)nc1N. The molecule has 0 aliphatic carbocycles. The third-order valence-electron chi connectivity index (χ3n) is 4.36. The maximum atomic E-state index is 9.42. The number of pyridine rings is 2. The van der Waals surface area contributed by atoms with E-state index in [0.29, 0.717) is 18.0 Å². The Balaban J connectivity index is 1.87. The summed E-state index contributed by atoms with van der Waals surface area (Å²) < 4.78 is 7.52. The number of fused-ring (bicyclic) bond motifs is 1. The molecule has 2 N–H and O–H groups in total. The van der Waals surface area contributed by atoms with E-state index in [1.807, 2.05) is 41.1 Å². The fourth-order valence-electron chi connectivity index (χ4n) is 3.15. The van der Waals surface area contributed by atoms with Gasteiger partial charge in [0.1, 0.15) is 11.9 Å². The first-order valence-electron chi connectivity index (χ1n) is 7.61. The van der Waals surface area contributed by atoms with Gasteiger partial charge in [-0.25, -0.2) is 4.98 Å². The summed E-state index contributed by atoms with van der Waals surface area (Å²) in [7, 11) is 0. The summed E-state index contributed by atoms with van der Waals surface area (Å²) in [6, 6.07) is 12.3. The van der Waals surface area contributed by atoms with Gasteiger partial charge in [0.05, 0.1) is 17.9 Å². The Labute approximate surface area is 133 Å². The van der Waals surface area contributed by atoms with Gasteiger partial charge in [-0.15, -0.1) is 0 Å². The van der Waals surface area contributed by atoms with Crippen molar-refractivity contribution in [2.24, 2.45) is 0 Å². The Hall–Kier alpha value is -2.84. The number of nitriles is 1. The zero-order valence-electron chi connectivity index (χ0n) is 12.6. The molecule has 1 saturated heterocycles. The lowest BCUT2D eigenvalue weighted by molar-refractivity contribution is 0.194. The van der Waals surface area contributed by atoms with E-state index in [2.05, 4.69) is 17.1 Å². The molecule has 0 unspecified atom stereocenters. The summed E-state index contributed by atoms with van der Waals surface area (Å²) in [5.41, 5.74) is 10.4. The molecule has 1 atom stereocenters. The molecule has 1 aliphatic heterocycles. The van der Waals surface area contributed by atoms with Gasteiger partial charge in [-0.2, -0.15) is 5.26 Å². The van der Waals surface area contributed by atoms with E-state index >= 15 is 0 Å². The molecule has 0 bridgehead atoms. The van der Waals surface area contributed by atoms with Crippen LogP contribution in [-0.2, 0) is 4.74 Å². The second kappa shape index (κ2) is 5.41. The highest BCUT2D eigenvalue weighted by Gasteiger charge is 2.23. The molecule has 0 spiro atoms. The minimum absolute atomic E-state index is 0.214. The fraction of sp³-hybridized carbons (Fsp3) is 0.222. The molecule has 3 aromatic rings. The number of rotatable bonds is 2. The first kappa shape index (κ1) is 13.8. The standard InChI is InChI=1S/C18H16N4O/c19-9-16-15(12-4-6-23-11-12)8-17(21-18(16)20)13-7-14-3-1-2-5-22(14)10-13/h1-3,5,7-8,10,12H,4,6,11H2,(H2,20,21)/t12-/m0/s1. The van der Waals surface area contributed by atoms with Crippen LogP contribution in [0.4, 0.5) is 5.82 Å². The van der Waals surface area contributed by atoms with Crippen LogP contribution in [0, 0.1) is 11.3 Å². The molecule has 1 fully saturated rings. The first-order chi connectivity index (χ1) is 11.3. The quantitative estimate of drug-likeness (QED) is 0.789. The third kappa shape index (κ3) is 2.33. The lowest BCUT2D eigenvalue weighted by atomic mass is 9.93. The maximum absolute atomic E-state index is 9.42. The lowest BCUT2D eigenvalue weighted by Gasteiger charge is -2.13. The van der Waals surface area contributed by atoms with Crippen molar-refractivity contribution in [3.05, 3.63) is 53.9 Å². The van der Waals surface area contributed by atoms with E-state index in [1.54, 1.807) is 0 Å². The van der Waals surface area contributed by atoms with Crippen molar-refractivity contribution < 1.29 is 4.74 Å². The number of hydrogen-bond acceptors (Lipinski definition) is 4. The van der Waals surface area contributed by atoms with E-state index in [-0.39, 0.29) is 5.92 Å². The molecule has 5 nitrogen and oxygen atoms in total. The van der Waals surface area contributed by atoms with Gasteiger partial charge in [-0.3, -0.25) is 0 Å². The number of nitrogens with two attached hydrogens (primary N) is 1. The highest BCUT2D eigenvalue weighted by molar-refractivity contribution is 5.71. The molecular formula is C18H16N4O. The lowest BCUT2D eigenvalue weighted by Crippen LogP contribution is -2.06. The molecule has 0 radical (unpaired) electrons. The normalized spacial score (nSPS) is 17.4. The van der Waals surface area contributed by atoms with Gasteiger partial charge in [0, 0.05) is 36.0 Å². The molecule has 114 valence electrons. The minimum atomic E-state index is 0.214. The van der Waals surface area contributed by atoms with E-state index in [9.17, 15) is 5.26 Å². The van der Waals surface area contributed by atoms with E-state index in [4.69, 9.17) is 10.5 Å². The van der Waals surface area contributed by atoms with Gasteiger partial charge in [0.15, 0.2) is 0 Å². The van der Waals surface area contributed by atoms with Crippen LogP contribution in [-0.4, -0.2) is 22.6 Å². The van der Waals surface area contributed by atoms with Crippen molar-refractivity contribution in [3.8, 4) is 17.3 Å². The van der Waals surface area contributed by atoms with Crippen LogP contribution in [0.1, 0.15) is 23.5 Å². The summed E-state index contributed by atoms with van der Waals surface area (Å²) in [4.78, 5) is 4.44. The van der Waals surface area contributed by atoms with Crippen LogP contribution < -0.4 is 5.73 Å². The predicted octanol–water partition coefficient (Wildman–Crippen LogP) is 2.96. The summed E-state index contributed by atoms with van der Waals surface area (Å²) in [6.07, 6.45) is 4.94. The van der Waals surface area contributed by atoms with Crippen LogP contribution in [0.5, 0.6) is 0 Å². The van der Waals surface area contributed by atoms with Gasteiger partial charge in [0.2, 0.25) is 0 Å². The summed E-state index contributed by atoms with van der Waals surface area (Å²) in [5.74, 6) is 0.507. The van der Waals surface area contributed by atoms with E-state index in [0.717, 1.165) is 35.4 Å². The number of aromatic nitrogens is 2. The monoisotopic (exact) mass is 304 g/mol. The Kier molecular flexibility index (Phi) is 3.25. The number of hydrogen-bond donors (Lipinski definition) is 1. The number of anilines is 1. The smallest absolute Gasteiger partial charge is 0.142 e. The molecule has 3 aromatic heterocycles. The maximum Gasteiger partial charge on any atom is 0.142 e. The predicted molar refractivity (Wildman–Crippen MR) is 87.9 cm³/mol. The van der Waals surface area contributed by atoms with Gasteiger partial charge in [-0.05, 0) is 36.2 Å². The molecular weight excluding hydrogens is 288 g/mol. The summed E-state index contributed by atoms with van der Waals surface area (Å²) >= 11 is 0. The second-order valence-corrected chi connectivity index (χ2v) is 5.79. The van der Waals surface area contributed by atoms with Crippen molar-refractivity contribution >= 4 is 11.3 Å². The molecule has 5 heteroatoms. The highest BCUT2D eigenvalue weighted by Crippen LogP contribution is 2.33. The molecule has 0 aromatic carbocycles. The Bertz CT molecular complexity index is 883. The molecule has 0 saturated carbocycles. The van der Waals surface area contributed by atoms with Crippen LogP contribution in [0.2, 0.25) is 0 Å². The van der Waals surface area contributed by atoms with Gasteiger partial charge in [0.25, 0.3) is 0 Å². The number of ether oxygens (including phenoxy) is 1. The van der Waals surface area contributed by atoms with Crippen molar-refractivity contribution in [2.75, 3.05) is 18.9 Å². The molecule has 4 heterocycles. The van der Waals surface area contributed by atoms with Crippen molar-refractivity contribution in [2.45, 2.75) is 12.3 Å². The van der Waals surface area contributed by atoms with Crippen molar-refractivity contribution in [1.82, 2.24) is 9.38 Å². The zero-order valence-corrected chi connectivity index (χ0v) is 12.6. The fourth-order valence-corrected chi connectivity index (χ4v) is 3.15. The average Bonchev–Trinajstić information content (AvgIpc) is 3.23. The highest BCUT2D eigenvalue weighted by atomic mass is 16.5. The van der Waals surface area contributed by atoms with E-state index in [1.165, 1.54) is 0 Å². The molecule has 23 heavy (non-hydrogen) atoms. The second-order valence-electron chi connectivity index (χ2n) is 5.79. The molecule has 1 aliphatic rings. The Morgan fingerprint density at radius 1 is 1.35 bits per heavy atom. The van der Waals surface area contributed by atoms with Crippen molar-refractivity contribution in [3.63, 3.8) is 0 Å². The topological polar surface area (TPSA) is 76.3 Å². The first-order valence-corrected chi connectivity index (χ1v) is 7.61. The summed E-state index contributed by atoms with van der Waals surface area (Å²) in [6.45, 7) is 1.36. The van der Waals surface area contributed by atoms with Crippen LogP contribution >= 0.6 is 0 Å². The van der Waals surface area contributed by atoms with Gasteiger partial charge in [-0.1, -0.05) is 6.07 Å². The van der Waals surface area contributed by atoms with E-state index < -0.39 is 0 Å². The largest absolute Gasteiger partial charge is 0.383 e. The van der Waals surface area contributed by atoms with Gasteiger partial charge < -0.3 is 14.9 Å². The minimum Gasteiger partial charge on any atom is -0.383 e. The Morgan fingerprint density at radius 3 is 3.00 bits per heavy atom. The number of nitrogen functional groups attached to an aromatic ring is 1. The van der Waals surface area contributed by atoms with Crippen LogP contribution in [0.3, 0.4) is 0 Å². The van der Waals surface area contributed by atoms with Crippen LogP contribution in [0.25, 0.3) is 16.8 Å². The molecule has 0 amide bonds. The zero-order chi connectivity index (χ0) is 15.8. The number of nitrogens with zero attached hydrogens (tertiary/aromatic N) is 3. The average molecular weight is 304 g/mol. The Morgan fingerprint density at radius 2 is 2.26 bits per heavy atom. The molecule has 4 rings (SSSR count). The third-order valence-corrected chi connectivity index (χ3v) is 4.36. The van der Waals surface area contributed by atoms with Gasteiger partial charge >= 0.3 is 0 Å².